The van der Waals surface area contributed by atoms with Crippen LogP contribution >= 0.6 is 0 Å². The van der Waals surface area contributed by atoms with E-state index in [1.54, 1.807) is 29.2 Å². The van der Waals surface area contributed by atoms with Gasteiger partial charge in [-0.15, -0.1) is 0 Å². The molecule has 1 aromatic carbocycles. The molecule has 2 fully saturated rings. The van der Waals surface area contributed by atoms with Crippen molar-refractivity contribution in [2.24, 2.45) is 0 Å². The molecule has 0 bridgehead atoms. The molecule has 2 aliphatic rings. The van der Waals surface area contributed by atoms with Crippen LogP contribution in [0.25, 0.3) is 0 Å². The molecule has 1 aromatic rings. The normalized spacial score (nSPS) is 22.6. The summed E-state index contributed by atoms with van der Waals surface area (Å²) in [4.78, 5) is 54.6. The number of amides is 4. The van der Waals surface area contributed by atoms with Gasteiger partial charge in [-0.1, -0.05) is 32.0 Å². The maximum atomic E-state index is 13.4. The lowest BCUT2D eigenvalue weighted by Gasteiger charge is -2.31. The summed E-state index contributed by atoms with van der Waals surface area (Å²) in [7, 11) is 0. The van der Waals surface area contributed by atoms with Gasteiger partial charge in [-0.2, -0.15) is 0 Å². The average molecular weight is 504 g/mol. The monoisotopic (exact) mass is 503 g/mol. The predicted octanol–water partition coefficient (Wildman–Crippen LogP) is -0.624. The minimum absolute atomic E-state index is 0.126. The van der Waals surface area contributed by atoms with Gasteiger partial charge < -0.3 is 35.2 Å². The molecule has 0 radical (unpaired) electrons. The first-order chi connectivity index (χ1) is 17.4. The number of carbonyl (C=O) groups is 4. The van der Waals surface area contributed by atoms with E-state index in [1.807, 2.05) is 19.9 Å². The van der Waals surface area contributed by atoms with Gasteiger partial charge in [-0.3, -0.25) is 19.2 Å². The fraction of sp³-hybridized carbons (Fsp3) is 0.600. The Labute approximate surface area is 211 Å². The lowest BCUT2D eigenvalue weighted by molar-refractivity contribution is -0.145. The SMILES string of the molecule is CC(C)N[C@@H]1CCN2C(=O)CN(CCNC(=O)c3ccccc3)C(=O)COCCOCCNC(=O)[C@H]12. The van der Waals surface area contributed by atoms with E-state index in [2.05, 4.69) is 16.0 Å². The van der Waals surface area contributed by atoms with E-state index >= 15 is 0 Å². The Morgan fingerprint density at radius 2 is 1.83 bits per heavy atom. The molecule has 198 valence electrons. The van der Waals surface area contributed by atoms with Crippen molar-refractivity contribution in [3.63, 3.8) is 0 Å². The van der Waals surface area contributed by atoms with Crippen LogP contribution in [0.1, 0.15) is 30.6 Å². The van der Waals surface area contributed by atoms with Crippen LogP contribution in [0, 0.1) is 0 Å². The third-order valence-electron chi connectivity index (χ3n) is 6.06. The number of ether oxygens (including phenoxy) is 2. The van der Waals surface area contributed by atoms with E-state index in [4.69, 9.17) is 9.47 Å². The number of fused-ring (bicyclic) bond motifs is 1. The van der Waals surface area contributed by atoms with Gasteiger partial charge in [0.15, 0.2) is 0 Å². The molecule has 11 nitrogen and oxygen atoms in total. The summed E-state index contributed by atoms with van der Waals surface area (Å²) in [6.45, 7) is 5.37. The molecule has 0 aliphatic carbocycles. The Bertz CT molecular complexity index is 896. The second-order valence-corrected chi connectivity index (χ2v) is 9.14. The molecule has 4 amide bonds. The van der Waals surface area contributed by atoms with Crippen LogP contribution < -0.4 is 16.0 Å². The van der Waals surface area contributed by atoms with Gasteiger partial charge in [0.1, 0.15) is 12.6 Å². The van der Waals surface area contributed by atoms with E-state index < -0.39 is 6.04 Å². The van der Waals surface area contributed by atoms with Crippen molar-refractivity contribution in [3.05, 3.63) is 35.9 Å². The highest BCUT2D eigenvalue weighted by Crippen LogP contribution is 2.20. The lowest BCUT2D eigenvalue weighted by Crippen LogP contribution is -2.57. The fourth-order valence-corrected chi connectivity index (χ4v) is 4.36. The molecule has 11 heteroatoms. The smallest absolute Gasteiger partial charge is 0.251 e. The van der Waals surface area contributed by atoms with Gasteiger partial charge in [0.25, 0.3) is 5.91 Å². The van der Waals surface area contributed by atoms with E-state index in [0.29, 0.717) is 31.7 Å². The molecule has 2 atom stereocenters. The standard InChI is InChI=1S/C25H37N5O6/c1-18(2)28-20-8-11-30-21(31)16-29(12-9-26-24(33)19-6-4-3-5-7-19)22(32)17-36-15-14-35-13-10-27-25(34)23(20)30/h3-7,18,20,23,28H,8-17H2,1-2H3,(H,26,33)(H,27,34)/t20-,23+/m1/s1. The Morgan fingerprint density at radius 3 is 2.58 bits per heavy atom. The molecule has 0 spiro atoms. The summed E-state index contributed by atoms with van der Waals surface area (Å²) >= 11 is 0. The van der Waals surface area contributed by atoms with E-state index in [-0.39, 0.29) is 75.2 Å². The summed E-state index contributed by atoms with van der Waals surface area (Å²) in [5, 5.41) is 9.03. The molecule has 0 unspecified atom stereocenters. The lowest BCUT2D eigenvalue weighted by atomic mass is 10.1. The summed E-state index contributed by atoms with van der Waals surface area (Å²) in [6, 6.07) is 8.02. The van der Waals surface area contributed by atoms with Crippen LogP contribution in [0.5, 0.6) is 0 Å². The number of rotatable bonds is 6. The second-order valence-electron chi connectivity index (χ2n) is 9.14. The zero-order valence-electron chi connectivity index (χ0n) is 21.0. The molecule has 3 N–H and O–H groups in total. The Morgan fingerprint density at radius 1 is 1.08 bits per heavy atom. The van der Waals surface area contributed by atoms with Crippen LogP contribution in [-0.2, 0) is 23.9 Å². The fourth-order valence-electron chi connectivity index (χ4n) is 4.36. The molecule has 2 aliphatic heterocycles. The minimum atomic E-state index is -0.684. The number of benzene rings is 1. The third-order valence-corrected chi connectivity index (χ3v) is 6.06. The summed E-state index contributed by atoms with van der Waals surface area (Å²) in [6.07, 6.45) is 0.628. The van der Waals surface area contributed by atoms with Crippen LogP contribution in [0.3, 0.4) is 0 Å². The number of nitrogens with zero attached hydrogens (tertiary/aromatic N) is 2. The maximum absolute atomic E-state index is 13.4. The van der Waals surface area contributed by atoms with Gasteiger partial charge in [-0.25, -0.2) is 0 Å². The Balaban J connectivity index is 1.70. The van der Waals surface area contributed by atoms with Crippen molar-refractivity contribution in [1.29, 1.82) is 0 Å². The van der Waals surface area contributed by atoms with Crippen molar-refractivity contribution >= 4 is 23.6 Å². The summed E-state index contributed by atoms with van der Waals surface area (Å²) in [5.41, 5.74) is 0.509. The Kier molecular flexibility index (Phi) is 10.6. The minimum Gasteiger partial charge on any atom is -0.377 e. The molecule has 2 heterocycles. The quantitative estimate of drug-likeness (QED) is 0.472. The first-order valence-electron chi connectivity index (χ1n) is 12.5. The van der Waals surface area contributed by atoms with Crippen LogP contribution in [-0.4, -0.2) is 111 Å². The highest BCUT2D eigenvalue weighted by Gasteiger charge is 2.42. The van der Waals surface area contributed by atoms with Crippen molar-refractivity contribution in [3.8, 4) is 0 Å². The van der Waals surface area contributed by atoms with E-state index in [9.17, 15) is 19.2 Å². The van der Waals surface area contributed by atoms with Gasteiger partial charge in [0.2, 0.25) is 17.7 Å². The predicted molar refractivity (Wildman–Crippen MR) is 132 cm³/mol. The molecule has 3 rings (SSSR count). The van der Waals surface area contributed by atoms with Crippen molar-refractivity contribution in [2.75, 3.05) is 59.2 Å². The molecule has 36 heavy (non-hydrogen) atoms. The molecule has 0 saturated carbocycles. The zero-order chi connectivity index (χ0) is 25.9. The summed E-state index contributed by atoms with van der Waals surface area (Å²) in [5.74, 6) is -1.21. The van der Waals surface area contributed by atoms with Gasteiger partial charge >= 0.3 is 0 Å². The number of nitrogens with one attached hydrogen (secondary N) is 3. The largest absolute Gasteiger partial charge is 0.377 e. The number of carbonyl (C=O) groups excluding carboxylic acids is 4. The molecular weight excluding hydrogens is 466 g/mol. The van der Waals surface area contributed by atoms with Gasteiger partial charge in [-0.05, 0) is 18.6 Å². The highest BCUT2D eigenvalue weighted by atomic mass is 16.5. The molecule has 2 saturated heterocycles. The maximum Gasteiger partial charge on any atom is 0.251 e. The first kappa shape index (κ1) is 27.6. The topological polar surface area (TPSA) is 129 Å². The van der Waals surface area contributed by atoms with Crippen LogP contribution in [0.2, 0.25) is 0 Å². The van der Waals surface area contributed by atoms with Crippen molar-refractivity contribution in [2.45, 2.75) is 38.4 Å². The Hall–Kier alpha value is -3.02. The third kappa shape index (κ3) is 8.00. The van der Waals surface area contributed by atoms with Gasteiger partial charge in [0, 0.05) is 43.8 Å². The molecular formula is C25H37N5O6. The second kappa shape index (κ2) is 13.9. The average Bonchev–Trinajstić information content (AvgIpc) is 3.27. The first-order valence-corrected chi connectivity index (χ1v) is 12.5. The van der Waals surface area contributed by atoms with E-state index in [1.165, 1.54) is 4.90 Å². The number of hydrogen-bond donors (Lipinski definition) is 3. The summed E-state index contributed by atoms with van der Waals surface area (Å²) < 4.78 is 10.9. The zero-order valence-corrected chi connectivity index (χ0v) is 21.0. The number of hydrogen-bond acceptors (Lipinski definition) is 7. The van der Waals surface area contributed by atoms with Gasteiger partial charge in [0.05, 0.1) is 26.4 Å². The highest BCUT2D eigenvalue weighted by molar-refractivity contribution is 5.94. The van der Waals surface area contributed by atoms with Crippen LogP contribution in [0.4, 0.5) is 0 Å². The van der Waals surface area contributed by atoms with E-state index in [0.717, 1.165) is 0 Å². The van der Waals surface area contributed by atoms with Crippen molar-refractivity contribution in [1.82, 2.24) is 25.8 Å². The molecule has 0 aromatic heterocycles. The van der Waals surface area contributed by atoms with Crippen molar-refractivity contribution < 1.29 is 28.7 Å². The van der Waals surface area contributed by atoms with Crippen LogP contribution in [0.15, 0.2) is 30.3 Å².